The van der Waals surface area contributed by atoms with Crippen LogP contribution < -0.4 is 10.2 Å². The summed E-state index contributed by atoms with van der Waals surface area (Å²) < 4.78 is 40.1. The van der Waals surface area contributed by atoms with Crippen molar-refractivity contribution in [3.8, 4) is 6.07 Å². The van der Waals surface area contributed by atoms with Crippen LogP contribution in [0.25, 0.3) is 0 Å². The van der Waals surface area contributed by atoms with Crippen LogP contribution in [0.1, 0.15) is 21.6 Å². The van der Waals surface area contributed by atoms with Crippen molar-refractivity contribution in [3.05, 3.63) is 59.4 Å². The molecule has 1 N–H and O–H groups in total. The lowest BCUT2D eigenvalue weighted by Gasteiger charge is -2.41. The number of hydrogen-bond donors (Lipinski definition) is 1. The van der Waals surface area contributed by atoms with Gasteiger partial charge in [0.25, 0.3) is 5.91 Å². The molecule has 2 heterocycles. The number of amides is 2. The van der Waals surface area contributed by atoms with Gasteiger partial charge in [0.15, 0.2) is 0 Å². The van der Waals surface area contributed by atoms with Gasteiger partial charge in [0.1, 0.15) is 11.7 Å². The van der Waals surface area contributed by atoms with Gasteiger partial charge in [0, 0.05) is 32.0 Å². The molecule has 2 amide bonds. The Morgan fingerprint density at radius 1 is 1.23 bits per heavy atom. The van der Waals surface area contributed by atoms with Crippen molar-refractivity contribution in [2.24, 2.45) is 0 Å². The average Bonchev–Trinajstić information content (AvgIpc) is 2.77. The van der Waals surface area contributed by atoms with Crippen LogP contribution in [0.15, 0.2) is 42.6 Å². The van der Waals surface area contributed by atoms with E-state index in [1.807, 2.05) is 0 Å². The fourth-order valence-corrected chi connectivity index (χ4v) is 3.36. The minimum absolute atomic E-state index is 0.0174. The predicted molar refractivity (Wildman–Crippen MR) is 102 cm³/mol. The average molecular weight is 417 g/mol. The fraction of sp³-hybridized carbons (Fsp3) is 0.300. The third-order valence-corrected chi connectivity index (χ3v) is 4.86. The molecule has 156 valence electrons. The molecule has 3 rings (SSSR count). The zero-order valence-corrected chi connectivity index (χ0v) is 16.0. The highest BCUT2D eigenvalue weighted by molar-refractivity contribution is 5.94. The van der Waals surface area contributed by atoms with Gasteiger partial charge in [-0.2, -0.15) is 18.4 Å². The van der Waals surface area contributed by atoms with Gasteiger partial charge < -0.3 is 15.1 Å². The van der Waals surface area contributed by atoms with Crippen LogP contribution in [0.3, 0.4) is 0 Å². The largest absolute Gasteiger partial charge is 0.417 e. The molecule has 0 aliphatic carbocycles. The molecule has 0 radical (unpaired) electrons. The number of anilines is 1. The number of carbonyl (C=O) groups excluding carboxylic acids is 2. The van der Waals surface area contributed by atoms with E-state index in [4.69, 9.17) is 5.26 Å². The molecule has 1 fully saturated rings. The molecule has 0 spiro atoms. The summed E-state index contributed by atoms with van der Waals surface area (Å²) in [7, 11) is 1.42. The van der Waals surface area contributed by atoms with Gasteiger partial charge in [-0.05, 0) is 30.3 Å². The number of alkyl halides is 3. The molecular formula is C20H18F3N5O2. The first-order chi connectivity index (χ1) is 14.3. The van der Waals surface area contributed by atoms with Crippen molar-refractivity contribution < 1.29 is 22.8 Å². The second kappa shape index (κ2) is 8.41. The Morgan fingerprint density at radius 3 is 2.60 bits per heavy atom. The summed E-state index contributed by atoms with van der Waals surface area (Å²) in [6.45, 7) is 0.320. The highest BCUT2D eigenvalue weighted by Crippen LogP contribution is 2.35. The first-order valence-electron chi connectivity index (χ1n) is 9.06. The highest BCUT2D eigenvalue weighted by Gasteiger charge is 2.38. The van der Waals surface area contributed by atoms with E-state index in [1.165, 1.54) is 35.2 Å². The van der Waals surface area contributed by atoms with Crippen molar-refractivity contribution in [2.45, 2.75) is 12.2 Å². The number of likely N-dealkylation sites (N-methyl/N-ethyl adjacent to an activating group) is 1. The van der Waals surface area contributed by atoms with Crippen LogP contribution in [0.4, 0.5) is 18.9 Å². The lowest BCUT2D eigenvalue weighted by molar-refractivity contribution is -0.137. The highest BCUT2D eigenvalue weighted by atomic mass is 19.4. The molecule has 30 heavy (non-hydrogen) atoms. The van der Waals surface area contributed by atoms with Gasteiger partial charge in [-0.1, -0.05) is 6.07 Å². The second-order valence-corrected chi connectivity index (χ2v) is 6.63. The van der Waals surface area contributed by atoms with Crippen LogP contribution in [0, 0.1) is 11.3 Å². The van der Waals surface area contributed by atoms with Crippen molar-refractivity contribution in [1.29, 1.82) is 5.26 Å². The number of hydrogen-bond acceptors (Lipinski definition) is 5. The van der Waals surface area contributed by atoms with E-state index in [-0.39, 0.29) is 36.9 Å². The van der Waals surface area contributed by atoms with Crippen LogP contribution in [0.2, 0.25) is 0 Å². The molecule has 1 aliphatic heterocycles. The summed E-state index contributed by atoms with van der Waals surface area (Å²) in [6.07, 6.45) is -3.23. The van der Waals surface area contributed by atoms with Crippen LogP contribution in [0.5, 0.6) is 0 Å². The summed E-state index contributed by atoms with van der Waals surface area (Å²) in [5.74, 6) is -0.800. The minimum Gasteiger partial charge on any atom is -0.357 e. The zero-order valence-electron chi connectivity index (χ0n) is 16.0. The normalized spacial score (nSPS) is 16.7. The SMILES string of the molecule is CNC(=O)C1CN(C(=O)c2ccccn2)CCN1c1ccc(C#N)c(C(F)(F)F)c1. The molecule has 1 saturated heterocycles. The van der Waals surface area contributed by atoms with E-state index >= 15 is 0 Å². The van der Waals surface area contributed by atoms with Gasteiger partial charge in [-0.25, -0.2) is 0 Å². The summed E-state index contributed by atoms with van der Waals surface area (Å²) in [5, 5.41) is 11.5. The molecule has 10 heteroatoms. The first-order valence-corrected chi connectivity index (χ1v) is 9.06. The summed E-state index contributed by atoms with van der Waals surface area (Å²) in [5.41, 5.74) is -1.18. The Labute approximate surface area is 170 Å². The Balaban J connectivity index is 1.92. The lowest BCUT2D eigenvalue weighted by Crippen LogP contribution is -2.60. The maximum absolute atomic E-state index is 13.4. The quantitative estimate of drug-likeness (QED) is 0.826. The van der Waals surface area contributed by atoms with Crippen LogP contribution >= 0.6 is 0 Å². The molecule has 1 atom stereocenters. The first kappa shape index (κ1) is 21.1. The summed E-state index contributed by atoms with van der Waals surface area (Å²) in [6, 6.07) is 8.87. The number of carbonyl (C=O) groups is 2. The van der Waals surface area contributed by atoms with Gasteiger partial charge in [0.2, 0.25) is 5.91 Å². The van der Waals surface area contributed by atoms with Crippen molar-refractivity contribution in [1.82, 2.24) is 15.2 Å². The summed E-state index contributed by atoms with van der Waals surface area (Å²) >= 11 is 0. The van der Waals surface area contributed by atoms with E-state index < -0.39 is 29.3 Å². The zero-order chi connectivity index (χ0) is 21.9. The standard InChI is InChI=1S/C20H18F3N5O2/c1-25-18(29)17-12-27(19(30)16-4-2-3-7-26-16)8-9-28(17)14-6-5-13(11-24)15(10-14)20(21,22)23/h2-7,10,17H,8-9,12H2,1H3,(H,25,29). The van der Waals surface area contributed by atoms with Crippen molar-refractivity contribution in [3.63, 3.8) is 0 Å². The minimum atomic E-state index is -4.71. The van der Waals surface area contributed by atoms with Gasteiger partial charge in [-0.15, -0.1) is 0 Å². The fourth-order valence-electron chi connectivity index (χ4n) is 3.36. The van der Waals surface area contributed by atoms with Gasteiger partial charge in [0.05, 0.1) is 23.7 Å². The topological polar surface area (TPSA) is 89.3 Å². The van der Waals surface area contributed by atoms with E-state index in [1.54, 1.807) is 18.2 Å². The second-order valence-electron chi connectivity index (χ2n) is 6.63. The number of pyridine rings is 1. The summed E-state index contributed by atoms with van der Waals surface area (Å²) in [4.78, 5) is 32.2. The number of nitrogens with zero attached hydrogens (tertiary/aromatic N) is 4. The Hall–Kier alpha value is -3.61. The lowest BCUT2D eigenvalue weighted by atomic mass is 10.0. The van der Waals surface area contributed by atoms with Crippen molar-refractivity contribution in [2.75, 3.05) is 31.6 Å². The van der Waals surface area contributed by atoms with Crippen LogP contribution in [-0.4, -0.2) is 54.4 Å². The Bertz CT molecular complexity index is 988. The number of halogens is 3. The maximum Gasteiger partial charge on any atom is 0.417 e. The third kappa shape index (κ3) is 4.20. The molecule has 0 saturated carbocycles. The maximum atomic E-state index is 13.4. The molecule has 1 aliphatic rings. The molecule has 1 aromatic carbocycles. The Morgan fingerprint density at radius 2 is 2.00 bits per heavy atom. The molecule has 0 bridgehead atoms. The van der Waals surface area contributed by atoms with Crippen molar-refractivity contribution >= 4 is 17.5 Å². The monoisotopic (exact) mass is 417 g/mol. The van der Waals surface area contributed by atoms with E-state index in [9.17, 15) is 22.8 Å². The molecule has 1 unspecified atom stereocenters. The smallest absolute Gasteiger partial charge is 0.357 e. The number of nitriles is 1. The number of aromatic nitrogens is 1. The number of benzene rings is 1. The van der Waals surface area contributed by atoms with Gasteiger partial charge in [-0.3, -0.25) is 14.6 Å². The van der Waals surface area contributed by atoms with Gasteiger partial charge >= 0.3 is 6.18 Å². The molecule has 7 nitrogen and oxygen atoms in total. The number of nitrogens with one attached hydrogen (secondary N) is 1. The van der Waals surface area contributed by atoms with E-state index in [2.05, 4.69) is 10.3 Å². The molecule has 2 aromatic rings. The third-order valence-electron chi connectivity index (χ3n) is 4.86. The Kier molecular flexibility index (Phi) is 5.91. The predicted octanol–water partition coefficient (Wildman–Crippen LogP) is 2.05. The van der Waals surface area contributed by atoms with E-state index in [0.29, 0.717) is 0 Å². The molecule has 1 aromatic heterocycles. The number of piperazine rings is 1. The number of rotatable bonds is 3. The van der Waals surface area contributed by atoms with Crippen LogP contribution in [-0.2, 0) is 11.0 Å². The molecular weight excluding hydrogens is 399 g/mol. The van der Waals surface area contributed by atoms with E-state index in [0.717, 1.165) is 12.1 Å².